The number of carbonyl (C=O) groups excluding carboxylic acids is 1. The number of hydrogen-bond acceptors (Lipinski definition) is 5. The number of aryl methyl sites for hydroxylation is 1. The molecule has 1 amide bonds. The van der Waals surface area contributed by atoms with Crippen molar-refractivity contribution in [3.05, 3.63) is 11.9 Å². The van der Waals surface area contributed by atoms with Crippen molar-refractivity contribution in [1.82, 2.24) is 15.3 Å². The number of anilines is 2. The third-order valence-corrected chi connectivity index (χ3v) is 2.72. The number of nitrogens with zero attached hydrogens (tertiary/aromatic N) is 3. The molecule has 0 unspecified atom stereocenters. The van der Waals surface area contributed by atoms with Crippen LogP contribution in [0.5, 0.6) is 0 Å². The Hall–Kier alpha value is -1.85. The minimum absolute atomic E-state index is 0.00804. The zero-order chi connectivity index (χ0) is 15.0. The lowest BCUT2D eigenvalue weighted by molar-refractivity contribution is -0.119. The number of nitrogens with one attached hydrogen (secondary N) is 2. The van der Waals surface area contributed by atoms with Crippen molar-refractivity contribution in [3.63, 3.8) is 0 Å². The first-order valence-electron chi connectivity index (χ1n) is 7.14. The van der Waals surface area contributed by atoms with Gasteiger partial charge in [0.15, 0.2) is 0 Å². The average Bonchev–Trinajstić information content (AvgIpc) is 2.42. The maximum Gasteiger partial charge on any atom is 0.239 e. The van der Waals surface area contributed by atoms with Crippen LogP contribution in [0.4, 0.5) is 11.6 Å². The van der Waals surface area contributed by atoms with E-state index in [1.165, 1.54) is 0 Å². The Labute approximate surface area is 121 Å². The molecule has 0 aliphatic rings. The zero-order valence-electron chi connectivity index (χ0n) is 12.9. The summed E-state index contributed by atoms with van der Waals surface area (Å²) in [5.41, 5.74) is 0. The molecule has 112 valence electrons. The molecule has 1 aromatic heterocycles. The number of aromatic nitrogens is 2. The van der Waals surface area contributed by atoms with Gasteiger partial charge in [0, 0.05) is 26.2 Å². The average molecular weight is 279 g/mol. The molecule has 0 aliphatic heterocycles. The van der Waals surface area contributed by atoms with Gasteiger partial charge in [-0.25, -0.2) is 9.97 Å². The highest BCUT2D eigenvalue weighted by Gasteiger charge is 2.10. The van der Waals surface area contributed by atoms with Crippen LogP contribution in [0.2, 0.25) is 0 Å². The van der Waals surface area contributed by atoms with Gasteiger partial charge in [0.1, 0.15) is 17.5 Å². The smallest absolute Gasteiger partial charge is 0.239 e. The number of hydrogen-bond donors (Lipinski definition) is 2. The summed E-state index contributed by atoms with van der Waals surface area (Å²) in [5.74, 6) is 2.26. The van der Waals surface area contributed by atoms with Crippen LogP contribution in [0.3, 0.4) is 0 Å². The summed E-state index contributed by atoms with van der Waals surface area (Å²) in [4.78, 5) is 22.2. The zero-order valence-corrected chi connectivity index (χ0v) is 12.9. The Bertz CT molecular complexity index is 436. The lowest BCUT2D eigenvalue weighted by Gasteiger charge is -2.19. The van der Waals surface area contributed by atoms with Crippen molar-refractivity contribution in [1.29, 1.82) is 0 Å². The SMILES string of the molecule is CCCNC(=O)CN(C)c1cc(NCCC)nc(C)n1. The Balaban J connectivity index is 2.68. The molecule has 1 rings (SSSR count). The van der Waals surface area contributed by atoms with Crippen LogP contribution in [0.25, 0.3) is 0 Å². The normalized spacial score (nSPS) is 10.2. The minimum Gasteiger partial charge on any atom is -0.370 e. The van der Waals surface area contributed by atoms with Gasteiger partial charge in [-0.3, -0.25) is 4.79 Å². The predicted octanol–water partition coefficient (Wildman–Crippen LogP) is 1.57. The van der Waals surface area contributed by atoms with E-state index in [-0.39, 0.29) is 5.91 Å². The molecular weight excluding hydrogens is 254 g/mol. The van der Waals surface area contributed by atoms with Gasteiger partial charge in [-0.2, -0.15) is 0 Å². The van der Waals surface area contributed by atoms with Gasteiger partial charge in [-0.1, -0.05) is 13.8 Å². The van der Waals surface area contributed by atoms with Gasteiger partial charge in [0.05, 0.1) is 6.54 Å². The van der Waals surface area contributed by atoms with Crippen molar-refractivity contribution in [2.45, 2.75) is 33.6 Å². The summed E-state index contributed by atoms with van der Waals surface area (Å²) in [6.45, 7) is 7.86. The molecule has 0 spiro atoms. The molecule has 0 aromatic carbocycles. The van der Waals surface area contributed by atoms with Gasteiger partial charge in [-0.05, 0) is 19.8 Å². The second kappa shape index (κ2) is 8.35. The molecule has 0 bridgehead atoms. The Morgan fingerprint density at radius 2 is 1.95 bits per heavy atom. The number of rotatable bonds is 8. The Morgan fingerprint density at radius 1 is 1.25 bits per heavy atom. The predicted molar refractivity (Wildman–Crippen MR) is 82.1 cm³/mol. The first-order chi connectivity index (χ1) is 9.56. The number of carbonyl (C=O) groups is 1. The number of likely N-dealkylation sites (N-methyl/N-ethyl adjacent to an activating group) is 1. The minimum atomic E-state index is 0.00804. The van der Waals surface area contributed by atoms with E-state index < -0.39 is 0 Å². The van der Waals surface area contributed by atoms with Crippen molar-refractivity contribution >= 4 is 17.5 Å². The molecule has 0 saturated heterocycles. The largest absolute Gasteiger partial charge is 0.370 e. The van der Waals surface area contributed by atoms with E-state index in [9.17, 15) is 4.79 Å². The van der Waals surface area contributed by atoms with Crippen molar-refractivity contribution in [3.8, 4) is 0 Å². The summed E-state index contributed by atoms with van der Waals surface area (Å²) in [5, 5.41) is 6.10. The van der Waals surface area contributed by atoms with E-state index in [2.05, 4.69) is 27.5 Å². The van der Waals surface area contributed by atoms with Crippen LogP contribution in [0.1, 0.15) is 32.5 Å². The fourth-order valence-corrected chi connectivity index (χ4v) is 1.71. The van der Waals surface area contributed by atoms with Gasteiger partial charge in [0.25, 0.3) is 0 Å². The molecular formula is C14H25N5O. The summed E-state index contributed by atoms with van der Waals surface area (Å²) >= 11 is 0. The van der Waals surface area contributed by atoms with E-state index in [0.717, 1.165) is 31.0 Å². The molecule has 6 heteroatoms. The highest BCUT2D eigenvalue weighted by Crippen LogP contribution is 2.14. The quantitative estimate of drug-likeness (QED) is 0.756. The molecule has 1 heterocycles. The van der Waals surface area contributed by atoms with Gasteiger partial charge >= 0.3 is 0 Å². The van der Waals surface area contributed by atoms with E-state index in [4.69, 9.17) is 0 Å². The van der Waals surface area contributed by atoms with Crippen LogP contribution in [0, 0.1) is 6.92 Å². The van der Waals surface area contributed by atoms with Crippen LogP contribution in [0.15, 0.2) is 6.07 Å². The molecule has 0 saturated carbocycles. The van der Waals surface area contributed by atoms with Gasteiger partial charge < -0.3 is 15.5 Å². The molecule has 0 fully saturated rings. The first-order valence-corrected chi connectivity index (χ1v) is 7.14. The molecule has 0 radical (unpaired) electrons. The Kier molecular flexibility index (Phi) is 6.76. The van der Waals surface area contributed by atoms with E-state index in [1.807, 2.05) is 31.9 Å². The second-order valence-corrected chi connectivity index (χ2v) is 4.79. The van der Waals surface area contributed by atoms with Crippen molar-refractivity contribution < 1.29 is 4.79 Å². The van der Waals surface area contributed by atoms with Crippen LogP contribution in [-0.2, 0) is 4.79 Å². The number of amides is 1. The maximum atomic E-state index is 11.7. The molecule has 6 nitrogen and oxygen atoms in total. The Morgan fingerprint density at radius 3 is 2.60 bits per heavy atom. The maximum absolute atomic E-state index is 11.7. The standard InChI is InChI=1S/C14H25N5O/c1-5-7-15-12-9-13(18-11(3)17-12)19(4)10-14(20)16-8-6-2/h9H,5-8,10H2,1-4H3,(H,16,20)(H,15,17,18). The molecule has 0 aliphatic carbocycles. The van der Waals surface area contributed by atoms with Gasteiger partial charge in [-0.15, -0.1) is 0 Å². The summed E-state index contributed by atoms with van der Waals surface area (Å²) in [6, 6.07) is 1.87. The third kappa shape index (κ3) is 5.42. The van der Waals surface area contributed by atoms with Crippen LogP contribution >= 0.6 is 0 Å². The second-order valence-electron chi connectivity index (χ2n) is 4.79. The third-order valence-electron chi connectivity index (χ3n) is 2.72. The summed E-state index contributed by atoms with van der Waals surface area (Å²) in [7, 11) is 1.86. The monoisotopic (exact) mass is 279 g/mol. The van der Waals surface area contributed by atoms with Crippen molar-refractivity contribution in [2.24, 2.45) is 0 Å². The summed E-state index contributed by atoms with van der Waals surface area (Å²) in [6.07, 6.45) is 1.97. The highest BCUT2D eigenvalue weighted by molar-refractivity contribution is 5.80. The van der Waals surface area contributed by atoms with E-state index >= 15 is 0 Å². The topological polar surface area (TPSA) is 70.2 Å². The first kappa shape index (κ1) is 16.2. The van der Waals surface area contributed by atoms with Crippen LogP contribution < -0.4 is 15.5 Å². The van der Waals surface area contributed by atoms with E-state index in [0.29, 0.717) is 18.9 Å². The lowest BCUT2D eigenvalue weighted by atomic mass is 10.4. The van der Waals surface area contributed by atoms with E-state index in [1.54, 1.807) is 0 Å². The highest BCUT2D eigenvalue weighted by atomic mass is 16.2. The van der Waals surface area contributed by atoms with Crippen molar-refractivity contribution in [2.75, 3.05) is 36.9 Å². The lowest BCUT2D eigenvalue weighted by Crippen LogP contribution is -2.36. The fourth-order valence-electron chi connectivity index (χ4n) is 1.71. The summed E-state index contributed by atoms with van der Waals surface area (Å²) < 4.78 is 0. The molecule has 1 aromatic rings. The molecule has 2 N–H and O–H groups in total. The fraction of sp³-hybridized carbons (Fsp3) is 0.643. The van der Waals surface area contributed by atoms with Crippen LogP contribution in [-0.4, -0.2) is 42.6 Å². The molecule has 20 heavy (non-hydrogen) atoms. The van der Waals surface area contributed by atoms with Gasteiger partial charge in [0.2, 0.25) is 5.91 Å². The molecule has 0 atom stereocenters.